The third-order valence-electron chi connectivity index (χ3n) is 2.66. The van der Waals surface area contributed by atoms with Crippen LogP contribution in [0.15, 0.2) is 42.5 Å². The highest BCUT2D eigenvalue weighted by Gasteiger charge is 2.31. The number of halogens is 4. The van der Waals surface area contributed by atoms with Crippen LogP contribution in [0.1, 0.15) is 15.9 Å². The Morgan fingerprint density at radius 1 is 1.00 bits per heavy atom. The van der Waals surface area contributed by atoms with Crippen molar-refractivity contribution in [3.8, 4) is 11.1 Å². The van der Waals surface area contributed by atoms with Crippen LogP contribution in [-0.4, -0.2) is 6.29 Å². The van der Waals surface area contributed by atoms with Gasteiger partial charge in [0.05, 0.1) is 5.56 Å². The lowest BCUT2D eigenvalue weighted by Gasteiger charge is -2.10. The van der Waals surface area contributed by atoms with E-state index < -0.39 is 11.7 Å². The fraction of sp³-hybridized carbons (Fsp3) is 0.0714. The van der Waals surface area contributed by atoms with E-state index in [2.05, 4.69) is 0 Å². The Bertz CT molecular complexity index is 603. The van der Waals surface area contributed by atoms with Crippen LogP contribution in [0.2, 0.25) is 5.02 Å². The second kappa shape index (κ2) is 5.05. The molecule has 5 heteroatoms. The molecule has 98 valence electrons. The van der Waals surface area contributed by atoms with E-state index in [-0.39, 0.29) is 5.56 Å². The number of carbonyl (C=O) groups is 1. The summed E-state index contributed by atoms with van der Waals surface area (Å²) in [6.07, 6.45) is -4.05. The third-order valence-corrected chi connectivity index (χ3v) is 2.91. The number of alkyl halides is 3. The van der Waals surface area contributed by atoms with E-state index in [4.69, 9.17) is 11.6 Å². The molecule has 0 spiro atoms. The molecule has 0 unspecified atom stereocenters. The molecule has 0 bridgehead atoms. The van der Waals surface area contributed by atoms with Crippen molar-refractivity contribution in [1.82, 2.24) is 0 Å². The van der Waals surface area contributed by atoms with Gasteiger partial charge in [-0.25, -0.2) is 0 Å². The number of hydrogen-bond donors (Lipinski definition) is 0. The minimum atomic E-state index is -4.46. The van der Waals surface area contributed by atoms with Crippen molar-refractivity contribution in [3.63, 3.8) is 0 Å². The highest BCUT2D eigenvalue weighted by molar-refractivity contribution is 6.30. The average molecular weight is 285 g/mol. The highest BCUT2D eigenvalue weighted by atomic mass is 35.5. The van der Waals surface area contributed by atoms with Crippen molar-refractivity contribution in [2.24, 2.45) is 0 Å². The number of benzene rings is 2. The molecule has 0 aliphatic rings. The topological polar surface area (TPSA) is 17.1 Å². The van der Waals surface area contributed by atoms with Gasteiger partial charge in [-0.05, 0) is 35.4 Å². The molecule has 2 aromatic carbocycles. The second-order valence-electron chi connectivity index (χ2n) is 3.92. The fourth-order valence-electron chi connectivity index (χ4n) is 1.73. The molecular formula is C14H8ClF3O. The summed E-state index contributed by atoms with van der Waals surface area (Å²) in [6, 6.07) is 9.62. The second-order valence-corrected chi connectivity index (χ2v) is 4.36. The van der Waals surface area contributed by atoms with E-state index in [1.807, 2.05) is 0 Å². The first-order valence-corrected chi connectivity index (χ1v) is 5.72. The smallest absolute Gasteiger partial charge is 0.298 e. The standard InChI is InChI=1S/C14H8ClF3O/c15-12-4-1-9(2-5-12)13-6-3-11(14(16,17)18)7-10(13)8-19/h1-8H. The third kappa shape index (κ3) is 2.96. The molecule has 2 rings (SSSR count). The molecule has 2 aromatic rings. The van der Waals surface area contributed by atoms with Gasteiger partial charge in [0.2, 0.25) is 0 Å². The van der Waals surface area contributed by atoms with Gasteiger partial charge in [0, 0.05) is 10.6 Å². The van der Waals surface area contributed by atoms with E-state index in [0.29, 0.717) is 22.4 Å². The summed E-state index contributed by atoms with van der Waals surface area (Å²) in [4.78, 5) is 11.0. The van der Waals surface area contributed by atoms with Gasteiger partial charge >= 0.3 is 6.18 Å². The summed E-state index contributed by atoms with van der Waals surface area (Å²) in [5.74, 6) is 0. The summed E-state index contributed by atoms with van der Waals surface area (Å²) < 4.78 is 37.7. The SMILES string of the molecule is O=Cc1cc(C(F)(F)F)ccc1-c1ccc(Cl)cc1. The van der Waals surface area contributed by atoms with Gasteiger partial charge in [-0.2, -0.15) is 13.2 Å². The first-order chi connectivity index (χ1) is 8.91. The lowest BCUT2D eigenvalue weighted by molar-refractivity contribution is -0.137. The Kier molecular flexibility index (Phi) is 3.62. The molecule has 0 saturated carbocycles. The number of rotatable bonds is 2. The molecule has 0 fully saturated rings. The lowest BCUT2D eigenvalue weighted by atomic mass is 9.98. The van der Waals surface area contributed by atoms with Crippen LogP contribution in [0.25, 0.3) is 11.1 Å². The molecule has 0 saturated heterocycles. The summed E-state index contributed by atoms with van der Waals surface area (Å²) >= 11 is 5.74. The average Bonchev–Trinajstić information content (AvgIpc) is 2.38. The van der Waals surface area contributed by atoms with Gasteiger partial charge < -0.3 is 0 Å². The zero-order valence-corrected chi connectivity index (χ0v) is 10.3. The van der Waals surface area contributed by atoms with Crippen molar-refractivity contribution in [2.75, 3.05) is 0 Å². The minimum absolute atomic E-state index is 0.00264. The maximum Gasteiger partial charge on any atom is 0.416 e. The number of carbonyl (C=O) groups excluding carboxylic acids is 1. The van der Waals surface area contributed by atoms with Gasteiger partial charge in [-0.15, -0.1) is 0 Å². The first kappa shape index (κ1) is 13.6. The molecule has 0 aromatic heterocycles. The van der Waals surface area contributed by atoms with E-state index in [0.717, 1.165) is 12.1 Å². The maximum absolute atomic E-state index is 12.6. The Balaban J connectivity index is 2.53. The molecule has 0 amide bonds. The van der Waals surface area contributed by atoms with Crippen LogP contribution < -0.4 is 0 Å². The quantitative estimate of drug-likeness (QED) is 0.721. The van der Waals surface area contributed by atoms with Crippen molar-refractivity contribution in [2.45, 2.75) is 6.18 Å². The first-order valence-electron chi connectivity index (χ1n) is 5.34. The molecule has 19 heavy (non-hydrogen) atoms. The van der Waals surface area contributed by atoms with Crippen molar-refractivity contribution >= 4 is 17.9 Å². The summed E-state index contributed by atoms with van der Waals surface area (Å²) in [5, 5.41) is 0.517. The zero-order chi connectivity index (χ0) is 14.0. The minimum Gasteiger partial charge on any atom is -0.298 e. The van der Waals surface area contributed by atoms with Gasteiger partial charge in [-0.1, -0.05) is 29.8 Å². The number of aldehydes is 1. The predicted octanol–water partition coefficient (Wildman–Crippen LogP) is 4.84. The van der Waals surface area contributed by atoms with Crippen LogP contribution in [0.3, 0.4) is 0 Å². The zero-order valence-electron chi connectivity index (χ0n) is 9.54. The van der Waals surface area contributed by atoms with Gasteiger partial charge in [0.25, 0.3) is 0 Å². The Hall–Kier alpha value is -1.81. The molecule has 0 atom stereocenters. The van der Waals surface area contributed by atoms with E-state index in [1.54, 1.807) is 24.3 Å². The van der Waals surface area contributed by atoms with Gasteiger partial charge in [0.15, 0.2) is 6.29 Å². The van der Waals surface area contributed by atoms with Crippen LogP contribution in [0, 0.1) is 0 Å². The molecule has 0 heterocycles. The van der Waals surface area contributed by atoms with E-state index in [1.165, 1.54) is 6.07 Å². The molecule has 0 aliphatic carbocycles. The Labute approximate surface area is 112 Å². The van der Waals surface area contributed by atoms with Crippen molar-refractivity contribution in [3.05, 3.63) is 58.6 Å². The molecular weight excluding hydrogens is 277 g/mol. The lowest BCUT2D eigenvalue weighted by Crippen LogP contribution is -2.05. The van der Waals surface area contributed by atoms with Crippen LogP contribution in [-0.2, 0) is 6.18 Å². The normalized spacial score (nSPS) is 11.4. The van der Waals surface area contributed by atoms with E-state index in [9.17, 15) is 18.0 Å². The molecule has 0 aliphatic heterocycles. The highest BCUT2D eigenvalue weighted by Crippen LogP contribution is 2.33. The Morgan fingerprint density at radius 3 is 2.16 bits per heavy atom. The van der Waals surface area contributed by atoms with E-state index >= 15 is 0 Å². The Morgan fingerprint density at radius 2 is 1.63 bits per heavy atom. The molecule has 0 radical (unpaired) electrons. The molecule has 1 nitrogen and oxygen atoms in total. The van der Waals surface area contributed by atoms with Crippen LogP contribution in [0.5, 0.6) is 0 Å². The van der Waals surface area contributed by atoms with Gasteiger partial charge in [0.1, 0.15) is 0 Å². The summed E-state index contributed by atoms with van der Waals surface area (Å²) in [6.45, 7) is 0. The van der Waals surface area contributed by atoms with Crippen LogP contribution in [0.4, 0.5) is 13.2 Å². The molecule has 0 N–H and O–H groups in total. The predicted molar refractivity (Wildman–Crippen MR) is 67.3 cm³/mol. The van der Waals surface area contributed by atoms with Crippen LogP contribution >= 0.6 is 11.6 Å². The largest absolute Gasteiger partial charge is 0.416 e. The summed E-state index contributed by atoms with van der Waals surface area (Å²) in [7, 11) is 0. The maximum atomic E-state index is 12.6. The van der Waals surface area contributed by atoms with Crippen molar-refractivity contribution < 1.29 is 18.0 Å². The fourth-order valence-corrected chi connectivity index (χ4v) is 1.85. The summed E-state index contributed by atoms with van der Waals surface area (Å²) in [5.41, 5.74) is 0.240. The number of hydrogen-bond acceptors (Lipinski definition) is 1. The van der Waals surface area contributed by atoms with Gasteiger partial charge in [-0.3, -0.25) is 4.79 Å². The monoisotopic (exact) mass is 284 g/mol. The van der Waals surface area contributed by atoms with Crippen molar-refractivity contribution in [1.29, 1.82) is 0 Å².